The van der Waals surface area contributed by atoms with Crippen LogP contribution >= 0.6 is 22.9 Å². The number of nitrogens with one attached hydrogen (secondary N) is 2. The minimum absolute atomic E-state index is 0.0542. The van der Waals surface area contributed by atoms with Gasteiger partial charge in [-0.05, 0) is 81.0 Å². The predicted octanol–water partition coefficient (Wildman–Crippen LogP) is 6.01. The van der Waals surface area contributed by atoms with Crippen LogP contribution in [0.25, 0.3) is 0 Å². The van der Waals surface area contributed by atoms with E-state index < -0.39 is 23.8 Å². The highest BCUT2D eigenvalue weighted by atomic mass is 35.5. The third-order valence-corrected chi connectivity index (χ3v) is 7.88. The number of fused-ring (bicyclic) bond motifs is 1. The first-order valence-electron chi connectivity index (χ1n) is 12.8. The van der Waals surface area contributed by atoms with Crippen LogP contribution in [-0.4, -0.2) is 36.7 Å². The van der Waals surface area contributed by atoms with Crippen LogP contribution < -0.4 is 15.5 Å². The summed E-state index contributed by atoms with van der Waals surface area (Å²) < 4.78 is 24.7. The molecular formula is C29H29ClFN3O5S. The number of hydrazone groups is 1. The predicted molar refractivity (Wildman–Crippen MR) is 153 cm³/mol. The Labute approximate surface area is 240 Å². The number of thiophene rings is 1. The monoisotopic (exact) mass is 585 g/mol. The molecule has 1 heterocycles. The van der Waals surface area contributed by atoms with E-state index in [1.165, 1.54) is 36.5 Å². The number of rotatable bonds is 9. The van der Waals surface area contributed by atoms with Crippen LogP contribution in [0.15, 0.2) is 47.6 Å². The maximum atomic E-state index is 13.8. The van der Waals surface area contributed by atoms with Crippen molar-refractivity contribution in [3.63, 3.8) is 0 Å². The molecule has 8 nitrogen and oxygen atoms in total. The standard InChI is InChI=1S/C29H29ClFN3O5S/c1-4-38-29(37)25-20-13-8-16(2)14-24(20)40-28(25)33-27(36)18-9-11-19(12-10-18)39-17(3)26(35)34-32-15-21-22(30)6-5-7-23(21)31/h5-7,9-12,15-17H,4,8,13-14H2,1-3H3,(H,33,36)(H,34,35)/b32-15-/t16-,17+/m0/s1. The second kappa shape index (κ2) is 13.1. The first kappa shape index (κ1) is 29.2. The lowest BCUT2D eigenvalue weighted by atomic mass is 9.88. The number of anilines is 1. The number of carbonyl (C=O) groups excluding carboxylic acids is 3. The van der Waals surface area contributed by atoms with Crippen LogP contribution in [0.3, 0.4) is 0 Å². The molecule has 1 aliphatic carbocycles. The third-order valence-electron chi connectivity index (χ3n) is 6.38. The van der Waals surface area contributed by atoms with E-state index >= 15 is 0 Å². The zero-order valence-corrected chi connectivity index (χ0v) is 23.8. The number of amides is 2. The molecule has 40 heavy (non-hydrogen) atoms. The van der Waals surface area contributed by atoms with E-state index in [0.717, 1.165) is 35.9 Å². The molecular weight excluding hydrogens is 557 g/mol. The highest BCUT2D eigenvalue weighted by Gasteiger charge is 2.29. The molecule has 210 valence electrons. The van der Waals surface area contributed by atoms with Crippen LogP contribution in [-0.2, 0) is 22.4 Å². The molecule has 0 unspecified atom stereocenters. The van der Waals surface area contributed by atoms with Crippen molar-refractivity contribution in [2.45, 2.75) is 46.1 Å². The van der Waals surface area contributed by atoms with Crippen molar-refractivity contribution in [1.29, 1.82) is 0 Å². The maximum absolute atomic E-state index is 13.8. The van der Waals surface area contributed by atoms with Gasteiger partial charge in [0.05, 0.1) is 23.4 Å². The molecule has 0 spiro atoms. The van der Waals surface area contributed by atoms with Gasteiger partial charge >= 0.3 is 5.97 Å². The normalized spacial score (nSPS) is 15.3. The fourth-order valence-electron chi connectivity index (χ4n) is 4.26. The fourth-order valence-corrected chi connectivity index (χ4v) is 5.87. The van der Waals surface area contributed by atoms with Gasteiger partial charge in [0, 0.05) is 16.0 Å². The Morgan fingerprint density at radius 1 is 1.23 bits per heavy atom. The zero-order chi connectivity index (χ0) is 28.8. The zero-order valence-electron chi connectivity index (χ0n) is 22.3. The highest BCUT2D eigenvalue weighted by Crippen LogP contribution is 2.40. The van der Waals surface area contributed by atoms with Crippen molar-refractivity contribution in [2.24, 2.45) is 11.0 Å². The molecule has 0 saturated carbocycles. The summed E-state index contributed by atoms with van der Waals surface area (Å²) in [6.07, 6.45) is 2.81. The SMILES string of the molecule is CCOC(=O)c1c(NC(=O)c2ccc(O[C@H](C)C(=O)N/N=C\c3c(F)cccc3Cl)cc2)sc2c1CC[C@H](C)C2. The number of nitrogens with zero attached hydrogens (tertiary/aromatic N) is 1. The lowest BCUT2D eigenvalue weighted by molar-refractivity contribution is -0.127. The molecule has 2 aromatic carbocycles. The van der Waals surface area contributed by atoms with Gasteiger partial charge in [-0.15, -0.1) is 11.3 Å². The van der Waals surface area contributed by atoms with Crippen molar-refractivity contribution in [1.82, 2.24) is 5.43 Å². The number of carbonyl (C=O) groups is 3. The van der Waals surface area contributed by atoms with Crippen LogP contribution in [0.4, 0.5) is 9.39 Å². The molecule has 2 atom stereocenters. The van der Waals surface area contributed by atoms with Gasteiger partial charge in [0.1, 0.15) is 16.6 Å². The summed E-state index contributed by atoms with van der Waals surface area (Å²) >= 11 is 7.36. The van der Waals surface area contributed by atoms with Gasteiger partial charge in [0.25, 0.3) is 11.8 Å². The molecule has 0 aliphatic heterocycles. The summed E-state index contributed by atoms with van der Waals surface area (Å²) in [5.74, 6) is -1.07. The lowest BCUT2D eigenvalue weighted by Crippen LogP contribution is -2.33. The van der Waals surface area contributed by atoms with E-state index in [4.69, 9.17) is 21.1 Å². The molecule has 1 aliphatic rings. The van der Waals surface area contributed by atoms with Crippen molar-refractivity contribution >= 4 is 51.9 Å². The number of hydrogen-bond donors (Lipinski definition) is 2. The Morgan fingerprint density at radius 2 is 1.98 bits per heavy atom. The largest absolute Gasteiger partial charge is 0.481 e. The smallest absolute Gasteiger partial charge is 0.341 e. The van der Waals surface area contributed by atoms with Crippen molar-refractivity contribution in [2.75, 3.05) is 11.9 Å². The van der Waals surface area contributed by atoms with Crippen molar-refractivity contribution in [3.05, 3.63) is 80.4 Å². The van der Waals surface area contributed by atoms with E-state index in [9.17, 15) is 18.8 Å². The lowest BCUT2D eigenvalue weighted by Gasteiger charge is -2.18. The minimum atomic E-state index is -0.931. The van der Waals surface area contributed by atoms with Gasteiger partial charge in [0.15, 0.2) is 6.10 Å². The Bertz CT molecular complexity index is 1420. The Morgan fingerprint density at radius 3 is 2.67 bits per heavy atom. The molecule has 0 radical (unpaired) electrons. The maximum Gasteiger partial charge on any atom is 0.341 e. The van der Waals surface area contributed by atoms with Crippen LogP contribution in [0, 0.1) is 11.7 Å². The molecule has 11 heteroatoms. The van der Waals surface area contributed by atoms with Gasteiger partial charge in [-0.3, -0.25) is 9.59 Å². The second-order valence-corrected chi connectivity index (χ2v) is 10.9. The molecule has 4 rings (SSSR count). The van der Waals surface area contributed by atoms with E-state index in [1.54, 1.807) is 31.2 Å². The fraction of sp³-hybridized carbons (Fsp3) is 0.310. The summed E-state index contributed by atoms with van der Waals surface area (Å²) in [7, 11) is 0. The molecule has 0 fully saturated rings. The van der Waals surface area contributed by atoms with Crippen molar-refractivity contribution < 1.29 is 28.2 Å². The summed E-state index contributed by atoms with van der Waals surface area (Å²) in [6, 6.07) is 10.5. The molecule has 1 aromatic heterocycles. The van der Waals surface area contributed by atoms with Gasteiger partial charge in [-0.2, -0.15) is 5.10 Å². The van der Waals surface area contributed by atoms with Crippen LogP contribution in [0.1, 0.15) is 63.9 Å². The highest BCUT2D eigenvalue weighted by molar-refractivity contribution is 7.17. The number of benzene rings is 2. The van der Waals surface area contributed by atoms with E-state index in [0.29, 0.717) is 27.8 Å². The second-order valence-electron chi connectivity index (χ2n) is 9.38. The van der Waals surface area contributed by atoms with E-state index in [2.05, 4.69) is 22.8 Å². The van der Waals surface area contributed by atoms with Crippen LogP contribution in [0.5, 0.6) is 5.75 Å². The summed E-state index contributed by atoms with van der Waals surface area (Å²) in [6.45, 7) is 5.70. The minimum Gasteiger partial charge on any atom is -0.481 e. The molecule has 0 saturated heterocycles. The van der Waals surface area contributed by atoms with Crippen LogP contribution in [0.2, 0.25) is 5.02 Å². The van der Waals surface area contributed by atoms with E-state index in [-0.39, 0.29) is 23.1 Å². The Balaban J connectivity index is 1.38. The Hall–Kier alpha value is -3.76. The number of hydrogen-bond acceptors (Lipinski definition) is 7. The van der Waals surface area contributed by atoms with Gasteiger partial charge in [0.2, 0.25) is 0 Å². The number of ether oxygens (including phenoxy) is 2. The first-order valence-corrected chi connectivity index (χ1v) is 14.0. The summed E-state index contributed by atoms with van der Waals surface area (Å²) in [4.78, 5) is 39.2. The average Bonchev–Trinajstić information content (AvgIpc) is 3.27. The van der Waals surface area contributed by atoms with Crippen molar-refractivity contribution in [3.8, 4) is 5.75 Å². The summed E-state index contributed by atoms with van der Waals surface area (Å²) in [5, 5.41) is 7.29. The number of esters is 1. The topological polar surface area (TPSA) is 106 Å². The molecule has 2 N–H and O–H groups in total. The molecule has 3 aromatic rings. The van der Waals surface area contributed by atoms with Gasteiger partial charge < -0.3 is 14.8 Å². The molecule has 0 bridgehead atoms. The molecule has 2 amide bonds. The van der Waals surface area contributed by atoms with E-state index in [1.807, 2.05) is 0 Å². The van der Waals surface area contributed by atoms with Gasteiger partial charge in [-0.25, -0.2) is 14.6 Å². The number of halogens is 2. The quantitative estimate of drug-likeness (QED) is 0.182. The summed E-state index contributed by atoms with van der Waals surface area (Å²) in [5.41, 5.74) is 4.11. The van der Waals surface area contributed by atoms with Gasteiger partial charge in [-0.1, -0.05) is 24.6 Å². The Kier molecular flexibility index (Phi) is 9.54. The third kappa shape index (κ3) is 6.86. The average molecular weight is 586 g/mol. The first-order chi connectivity index (χ1) is 19.2.